The first-order valence-corrected chi connectivity index (χ1v) is 17.4. The molecule has 2 heterocycles. The molecule has 0 saturated heterocycles. The van der Waals surface area contributed by atoms with Gasteiger partial charge in [-0.25, -0.2) is 0 Å². The molecule has 0 aliphatic carbocycles. The lowest BCUT2D eigenvalue weighted by Crippen LogP contribution is -2.10. The fourth-order valence-corrected chi connectivity index (χ4v) is 8.54. The van der Waals surface area contributed by atoms with E-state index in [1.807, 2.05) is 17.4 Å². The lowest BCUT2D eigenvalue weighted by Gasteiger charge is -2.26. The molecule has 3 heteroatoms. The van der Waals surface area contributed by atoms with Crippen LogP contribution >= 0.6 is 11.3 Å². The standard InChI is InChI=1S/C46H29NOS/c1-2-11-30(12-3-1)35-14-6-7-15-36(35)32-21-24-33(25-22-32)47(40-18-10-20-42-46(40)38-17-8-9-19-41(38)48-42)34-26-28-43-39(29-34)45-37-16-5-4-13-31(37)23-27-44(45)49-43/h1-29H. The highest BCUT2D eigenvalue weighted by atomic mass is 32.1. The molecule has 49 heavy (non-hydrogen) atoms. The van der Waals surface area contributed by atoms with Crippen LogP contribution in [-0.2, 0) is 0 Å². The summed E-state index contributed by atoms with van der Waals surface area (Å²) in [5.41, 5.74) is 9.89. The second-order valence-electron chi connectivity index (χ2n) is 12.5. The Labute approximate surface area is 287 Å². The molecule has 0 aliphatic rings. The summed E-state index contributed by atoms with van der Waals surface area (Å²) in [5, 5.41) is 7.37. The molecular formula is C46H29NOS. The third-order valence-corrected chi connectivity index (χ3v) is 10.8. The average molecular weight is 644 g/mol. The summed E-state index contributed by atoms with van der Waals surface area (Å²) in [6.45, 7) is 0. The van der Waals surface area contributed by atoms with E-state index in [-0.39, 0.29) is 0 Å². The predicted octanol–water partition coefficient (Wildman–Crippen LogP) is 13.9. The van der Waals surface area contributed by atoms with Crippen LogP contribution in [0.25, 0.3) is 75.1 Å². The normalized spacial score (nSPS) is 11.7. The van der Waals surface area contributed by atoms with Crippen molar-refractivity contribution in [3.05, 3.63) is 176 Å². The predicted molar refractivity (Wildman–Crippen MR) is 210 cm³/mol. The molecule has 0 radical (unpaired) electrons. The van der Waals surface area contributed by atoms with Gasteiger partial charge >= 0.3 is 0 Å². The number of hydrogen-bond donors (Lipinski definition) is 0. The highest BCUT2D eigenvalue weighted by molar-refractivity contribution is 7.26. The zero-order valence-corrected chi connectivity index (χ0v) is 27.3. The fraction of sp³-hybridized carbons (Fsp3) is 0. The zero-order valence-electron chi connectivity index (χ0n) is 26.5. The first kappa shape index (κ1) is 27.9. The van der Waals surface area contributed by atoms with E-state index in [2.05, 4.69) is 175 Å². The van der Waals surface area contributed by atoms with Gasteiger partial charge in [-0.05, 0) is 87.6 Å². The summed E-state index contributed by atoms with van der Waals surface area (Å²) in [6.07, 6.45) is 0. The van der Waals surface area contributed by atoms with Crippen LogP contribution in [0.3, 0.4) is 0 Å². The van der Waals surface area contributed by atoms with Crippen molar-refractivity contribution in [3.8, 4) is 22.3 Å². The molecule has 10 aromatic rings. The van der Waals surface area contributed by atoms with E-state index in [1.165, 1.54) is 53.2 Å². The van der Waals surface area contributed by atoms with Gasteiger partial charge in [0.1, 0.15) is 11.2 Å². The Morgan fingerprint density at radius 1 is 0.408 bits per heavy atom. The van der Waals surface area contributed by atoms with Crippen LogP contribution < -0.4 is 4.90 Å². The van der Waals surface area contributed by atoms with Gasteiger partial charge in [-0.3, -0.25) is 0 Å². The van der Waals surface area contributed by atoms with Crippen LogP contribution in [-0.4, -0.2) is 0 Å². The maximum atomic E-state index is 6.39. The molecule has 0 atom stereocenters. The molecule has 8 aromatic carbocycles. The van der Waals surface area contributed by atoms with Crippen LogP contribution in [0.4, 0.5) is 17.1 Å². The van der Waals surface area contributed by atoms with Crippen molar-refractivity contribution in [1.82, 2.24) is 0 Å². The maximum absolute atomic E-state index is 6.39. The molecule has 2 aromatic heterocycles. The summed E-state index contributed by atoms with van der Waals surface area (Å²) in [7, 11) is 0. The number of nitrogens with zero attached hydrogens (tertiary/aromatic N) is 1. The van der Waals surface area contributed by atoms with Crippen LogP contribution in [0.5, 0.6) is 0 Å². The van der Waals surface area contributed by atoms with Gasteiger partial charge in [-0.1, -0.05) is 121 Å². The van der Waals surface area contributed by atoms with E-state index >= 15 is 0 Å². The Morgan fingerprint density at radius 2 is 1.06 bits per heavy atom. The molecule has 230 valence electrons. The summed E-state index contributed by atoms with van der Waals surface area (Å²) >= 11 is 1.86. The molecule has 0 amide bonds. The van der Waals surface area contributed by atoms with Gasteiger partial charge in [0.05, 0.1) is 11.1 Å². The Bertz CT molecular complexity index is 2830. The van der Waals surface area contributed by atoms with Crippen molar-refractivity contribution in [3.63, 3.8) is 0 Å². The maximum Gasteiger partial charge on any atom is 0.137 e. The minimum Gasteiger partial charge on any atom is -0.456 e. The molecule has 0 spiro atoms. The van der Waals surface area contributed by atoms with Crippen LogP contribution in [0.1, 0.15) is 0 Å². The van der Waals surface area contributed by atoms with Crippen LogP contribution in [0.2, 0.25) is 0 Å². The van der Waals surface area contributed by atoms with Gasteiger partial charge < -0.3 is 9.32 Å². The molecule has 0 saturated carbocycles. The summed E-state index contributed by atoms with van der Waals surface area (Å²) in [6, 6.07) is 63.2. The number of thiophene rings is 1. The van der Waals surface area contributed by atoms with Crippen molar-refractivity contribution in [2.24, 2.45) is 0 Å². The van der Waals surface area contributed by atoms with Crippen molar-refractivity contribution < 1.29 is 4.42 Å². The Hall–Kier alpha value is -6.16. The highest BCUT2D eigenvalue weighted by Crippen LogP contribution is 2.46. The van der Waals surface area contributed by atoms with E-state index in [0.29, 0.717) is 0 Å². The first-order valence-electron chi connectivity index (χ1n) is 16.6. The summed E-state index contributed by atoms with van der Waals surface area (Å²) in [4.78, 5) is 2.39. The zero-order chi connectivity index (χ0) is 32.3. The Morgan fingerprint density at radius 3 is 1.90 bits per heavy atom. The summed E-state index contributed by atoms with van der Waals surface area (Å²) in [5.74, 6) is 0. The van der Waals surface area contributed by atoms with Crippen LogP contribution in [0.15, 0.2) is 180 Å². The monoisotopic (exact) mass is 643 g/mol. The number of hydrogen-bond acceptors (Lipinski definition) is 3. The number of rotatable bonds is 5. The van der Waals surface area contributed by atoms with Crippen molar-refractivity contribution in [2.75, 3.05) is 4.90 Å². The molecule has 0 unspecified atom stereocenters. The van der Waals surface area contributed by atoms with Crippen LogP contribution in [0, 0.1) is 0 Å². The SMILES string of the molecule is c1ccc(-c2ccccc2-c2ccc(N(c3ccc4sc5ccc6ccccc6c5c4c3)c3cccc4oc5ccccc5c34)cc2)cc1. The van der Waals surface area contributed by atoms with Crippen molar-refractivity contribution in [2.45, 2.75) is 0 Å². The molecule has 0 N–H and O–H groups in total. The van der Waals surface area contributed by atoms with E-state index in [1.54, 1.807) is 0 Å². The number of furan rings is 1. The van der Waals surface area contributed by atoms with Gasteiger partial charge in [0.2, 0.25) is 0 Å². The number of fused-ring (bicyclic) bond motifs is 8. The van der Waals surface area contributed by atoms with E-state index in [0.717, 1.165) is 39.0 Å². The molecule has 10 rings (SSSR count). The molecule has 0 fully saturated rings. The third kappa shape index (κ3) is 4.55. The number of para-hydroxylation sites is 1. The van der Waals surface area contributed by atoms with Gasteiger partial charge in [0, 0.05) is 36.9 Å². The summed E-state index contributed by atoms with van der Waals surface area (Å²) < 4.78 is 8.98. The lowest BCUT2D eigenvalue weighted by molar-refractivity contribution is 0.669. The van der Waals surface area contributed by atoms with Gasteiger partial charge in [-0.15, -0.1) is 11.3 Å². The second kappa shape index (κ2) is 11.2. The first-order chi connectivity index (χ1) is 24.3. The van der Waals surface area contributed by atoms with E-state index < -0.39 is 0 Å². The third-order valence-electron chi connectivity index (χ3n) is 9.67. The van der Waals surface area contributed by atoms with Gasteiger partial charge in [0.25, 0.3) is 0 Å². The molecule has 0 aliphatic heterocycles. The van der Waals surface area contributed by atoms with Gasteiger partial charge in [-0.2, -0.15) is 0 Å². The van der Waals surface area contributed by atoms with E-state index in [4.69, 9.17) is 4.42 Å². The minimum absolute atomic E-state index is 0.880. The van der Waals surface area contributed by atoms with E-state index in [9.17, 15) is 0 Å². The topological polar surface area (TPSA) is 16.4 Å². The highest BCUT2D eigenvalue weighted by Gasteiger charge is 2.21. The van der Waals surface area contributed by atoms with Gasteiger partial charge in [0.15, 0.2) is 0 Å². The molecule has 0 bridgehead atoms. The minimum atomic E-state index is 0.880. The lowest BCUT2D eigenvalue weighted by atomic mass is 9.94. The Kier molecular flexibility index (Phi) is 6.39. The quantitative estimate of drug-likeness (QED) is 0.186. The molecular weight excluding hydrogens is 615 g/mol. The average Bonchev–Trinajstić information content (AvgIpc) is 3.74. The Balaban J connectivity index is 1.20. The fourth-order valence-electron chi connectivity index (χ4n) is 7.44. The van der Waals surface area contributed by atoms with Crippen molar-refractivity contribution >= 4 is 81.3 Å². The number of benzene rings is 8. The van der Waals surface area contributed by atoms with Crippen molar-refractivity contribution in [1.29, 1.82) is 0 Å². The molecule has 2 nitrogen and oxygen atoms in total. The largest absolute Gasteiger partial charge is 0.456 e. The second-order valence-corrected chi connectivity index (χ2v) is 13.6. The smallest absolute Gasteiger partial charge is 0.137 e. The number of anilines is 3.